The van der Waals surface area contributed by atoms with E-state index in [2.05, 4.69) is 25.9 Å². The van der Waals surface area contributed by atoms with E-state index in [1.165, 1.54) is 0 Å². The molecular formula is C21H23N5O. The summed E-state index contributed by atoms with van der Waals surface area (Å²) < 4.78 is 5.54. The van der Waals surface area contributed by atoms with Gasteiger partial charge in [0, 0.05) is 37.1 Å². The Morgan fingerprint density at radius 2 is 1.93 bits per heavy atom. The van der Waals surface area contributed by atoms with E-state index >= 15 is 0 Å². The molecule has 2 N–H and O–H groups in total. The SMILES string of the molecule is COc1ccc(-c2ccncc2)cc1-c1cnc(N2CCCC(N)C2)cn1. The summed E-state index contributed by atoms with van der Waals surface area (Å²) in [6.45, 7) is 1.80. The number of rotatable bonds is 4. The van der Waals surface area contributed by atoms with Crippen LogP contribution in [-0.2, 0) is 0 Å². The number of hydrogen-bond acceptors (Lipinski definition) is 6. The van der Waals surface area contributed by atoms with Crippen LogP contribution in [0.2, 0.25) is 0 Å². The van der Waals surface area contributed by atoms with Crippen LogP contribution in [0.3, 0.4) is 0 Å². The molecule has 6 nitrogen and oxygen atoms in total. The molecule has 27 heavy (non-hydrogen) atoms. The molecule has 0 saturated carbocycles. The number of aromatic nitrogens is 3. The topological polar surface area (TPSA) is 77.2 Å². The van der Waals surface area contributed by atoms with Crippen LogP contribution in [0.1, 0.15) is 12.8 Å². The zero-order chi connectivity index (χ0) is 18.6. The van der Waals surface area contributed by atoms with E-state index in [4.69, 9.17) is 10.5 Å². The summed E-state index contributed by atoms with van der Waals surface area (Å²) in [6, 6.07) is 10.3. The minimum atomic E-state index is 0.206. The van der Waals surface area contributed by atoms with E-state index in [0.717, 1.165) is 59.9 Å². The summed E-state index contributed by atoms with van der Waals surface area (Å²) in [5, 5.41) is 0. The van der Waals surface area contributed by atoms with Gasteiger partial charge < -0.3 is 15.4 Å². The molecule has 0 radical (unpaired) electrons. The average Bonchev–Trinajstić information content (AvgIpc) is 2.74. The van der Waals surface area contributed by atoms with Gasteiger partial charge in [-0.15, -0.1) is 0 Å². The predicted octanol–water partition coefficient (Wildman–Crippen LogP) is 3.14. The Bertz CT molecular complexity index is 898. The lowest BCUT2D eigenvalue weighted by atomic mass is 10.0. The maximum absolute atomic E-state index is 6.08. The van der Waals surface area contributed by atoms with Crippen LogP contribution in [0.15, 0.2) is 55.1 Å². The number of nitrogens with two attached hydrogens (primary N) is 1. The van der Waals surface area contributed by atoms with Gasteiger partial charge in [-0.3, -0.25) is 9.97 Å². The number of hydrogen-bond donors (Lipinski definition) is 1. The summed E-state index contributed by atoms with van der Waals surface area (Å²) in [4.78, 5) is 15.6. The van der Waals surface area contributed by atoms with Crippen molar-refractivity contribution in [1.29, 1.82) is 0 Å². The molecule has 2 aromatic heterocycles. The molecule has 0 amide bonds. The first-order valence-corrected chi connectivity index (χ1v) is 9.16. The van der Waals surface area contributed by atoms with E-state index in [9.17, 15) is 0 Å². The monoisotopic (exact) mass is 361 g/mol. The van der Waals surface area contributed by atoms with Gasteiger partial charge in [0.2, 0.25) is 0 Å². The second-order valence-electron chi connectivity index (χ2n) is 6.76. The van der Waals surface area contributed by atoms with Crippen molar-refractivity contribution in [3.63, 3.8) is 0 Å². The van der Waals surface area contributed by atoms with Crippen molar-refractivity contribution in [2.45, 2.75) is 18.9 Å². The highest BCUT2D eigenvalue weighted by atomic mass is 16.5. The summed E-state index contributed by atoms with van der Waals surface area (Å²) in [6.07, 6.45) is 9.37. The molecule has 3 heterocycles. The average molecular weight is 361 g/mol. The van der Waals surface area contributed by atoms with Crippen LogP contribution in [-0.4, -0.2) is 41.2 Å². The third kappa shape index (κ3) is 3.75. The highest BCUT2D eigenvalue weighted by Crippen LogP contribution is 2.33. The quantitative estimate of drug-likeness (QED) is 0.769. The summed E-state index contributed by atoms with van der Waals surface area (Å²) >= 11 is 0. The van der Waals surface area contributed by atoms with E-state index in [1.807, 2.05) is 36.7 Å². The van der Waals surface area contributed by atoms with Crippen LogP contribution in [0.25, 0.3) is 22.4 Å². The van der Waals surface area contributed by atoms with E-state index in [-0.39, 0.29) is 6.04 Å². The fraction of sp³-hybridized carbons (Fsp3) is 0.286. The van der Waals surface area contributed by atoms with E-state index in [1.54, 1.807) is 19.5 Å². The van der Waals surface area contributed by atoms with Crippen molar-refractivity contribution in [3.05, 3.63) is 55.1 Å². The molecule has 4 rings (SSSR count). The number of ether oxygens (including phenoxy) is 1. The Kier molecular flexibility index (Phi) is 4.98. The lowest BCUT2D eigenvalue weighted by molar-refractivity contribution is 0.416. The zero-order valence-corrected chi connectivity index (χ0v) is 15.4. The maximum atomic E-state index is 6.08. The normalized spacial score (nSPS) is 17.0. The molecule has 0 spiro atoms. The second-order valence-corrected chi connectivity index (χ2v) is 6.76. The Morgan fingerprint density at radius 3 is 2.63 bits per heavy atom. The standard InChI is InChI=1S/C21H23N5O/c1-27-20-5-4-16(15-6-8-23-9-7-15)11-18(20)19-12-25-21(13-24-19)26-10-2-3-17(22)14-26/h4-9,11-13,17H,2-3,10,14,22H2,1H3. The number of nitrogens with zero attached hydrogens (tertiary/aromatic N) is 4. The van der Waals surface area contributed by atoms with Crippen molar-refractivity contribution in [3.8, 4) is 28.1 Å². The Morgan fingerprint density at radius 1 is 1.07 bits per heavy atom. The molecule has 0 bridgehead atoms. The van der Waals surface area contributed by atoms with Gasteiger partial charge in [0.15, 0.2) is 0 Å². The molecule has 0 aliphatic carbocycles. The van der Waals surface area contributed by atoms with E-state index in [0.29, 0.717) is 0 Å². The second kappa shape index (κ2) is 7.72. The molecule has 3 aromatic rings. The first-order valence-electron chi connectivity index (χ1n) is 9.16. The number of benzene rings is 1. The highest BCUT2D eigenvalue weighted by Gasteiger charge is 2.18. The Labute approximate surface area is 159 Å². The first-order chi connectivity index (χ1) is 13.2. The maximum Gasteiger partial charge on any atom is 0.147 e. The van der Waals surface area contributed by atoms with Gasteiger partial charge >= 0.3 is 0 Å². The number of methoxy groups -OCH3 is 1. The van der Waals surface area contributed by atoms with Gasteiger partial charge in [-0.1, -0.05) is 6.07 Å². The largest absolute Gasteiger partial charge is 0.496 e. The van der Waals surface area contributed by atoms with Crippen LogP contribution in [0.5, 0.6) is 5.75 Å². The highest BCUT2D eigenvalue weighted by molar-refractivity contribution is 5.75. The molecule has 1 aliphatic heterocycles. The fourth-order valence-electron chi connectivity index (χ4n) is 3.47. The lowest BCUT2D eigenvalue weighted by Gasteiger charge is -2.31. The molecular weight excluding hydrogens is 338 g/mol. The number of anilines is 1. The van der Waals surface area contributed by atoms with Crippen molar-refractivity contribution >= 4 is 5.82 Å². The van der Waals surface area contributed by atoms with Crippen molar-refractivity contribution in [2.75, 3.05) is 25.1 Å². The Balaban J connectivity index is 1.66. The molecule has 1 fully saturated rings. The van der Waals surface area contributed by atoms with Gasteiger partial charge in [-0.05, 0) is 48.2 Å². The van der Waals surface area contributed by atoms with Crippen molar-refractivity contribution in [2.24, 2.45) is 5.73 Å². The number of piperidine rings is 1. The van der Waals surface area contributed by atoms with Crippen molar-refractivity contribution in [1.82, 2.24) is 15.0 Å². The minimum absolute atomic E-state index is 0.206. The lowest BCUT2D eigenvalue weighted by Crippen LogP contribution is -2.43. The third-order valence-corrected chi connectivity index (χ3v) is 4.91. The third-order valence-electron chi connectivity index (χ3n) is 4.91. The van der Waals surface area contributed by atoms with Gasteiger partial charge in [0.1, 0.15) is 11.6 Å². The molecule has 1 unspecified atom stereocenters. The molecule has 1 aromatic carbocycles. The smallest absolute Gasteiger partial charge is 0.147 e. The van der Waals surface area contributed by atoms with Crippen LogP contribution in [0, 0.1) is 0 Å². The Hall–Kier alpha value is -2.99. The molecule has 1 atom stereocenters. The van der Waals surface area contributed by atoms with Crippen LogP contribution < -0.4 is 15.4 Å². The van der Waals surface area contributed by atoms with E-state index < -0.39 is 0 Å². The fourth-order valence-corrected chi connectivity index (χ4v) is 3.47. The zero-order valence-electron chi connectivity index (χ0n) is 15.4. The molecule has 138 valence electrons. The summed E-state index contributed by atoms with van der Waals surface area (Å²) in [5.74, 6) is 1.65. The van der Waals surface area contributed by atoms with Gasteiger partial charge in [-0.2, -0.15) is 0 Å². The van der Waals surface area contributed by atoms with Gasteiger partial charge in [-0.25, -0.2) is 4.98 Å². The summed E-state index contributed by atoms with van der Waals surface area (Å²) in [5.41, 5.74) is 9.97. The number of pyridine rings is 1. The predicted molar refractivity (Wildman–Crippen MR) is 107 cm³/mol. The van der Waals surface area contributed by atoms with Crippen LogP contribution in [0.4, 0.5) is 5.82 Å². The van der Waals surface area contributed by atoms with Gasteiger partial charge in [0.25, 0.3) is 0 Å². The van der Waals surface area contributed by atoms with Gasteiger partial charge in [0.05, 0.1) is 25.2 Å². The van der Waals surface area contributed by atoms with Crippen molar-refractivity contribution < 1.29 is 4.74 Å². The van der Waals surface area contributed by atoms with Crippen LogP contribution >= 0.6 is 0 Å². The molecule has 1 saturated heterocycles. The first kappa shape index (κ1) is 17.4. The minimum Gasteiger partial charge on any atom is -0.496 e. The molecule has 6 heteroatoms. The molecule has 1 aliphatic rings. The summed E-state index contributed by atoms with van der Waals surface area (Å²) in [7, 11) is 1.67.